The largest absolute Gasteiger partial charge is 0.494 e. The Bertz CT molecular complexity index is 1940. The van der Waals surface area contributed by atoms with E-state index >= 15 is 4.39 Å². The molecule has 2 amide bonds. The first-order valence-electron chi connectivity index (χ1n) is 15.7. The molecule has 2 fully saturated rings. The van der Waals surface area contributed by atoms with Crippen molar-refractivity contribution in [3.8, 4) is 5.75 Å². The van der Waals surface area contributed by atoms with Gasteiger partial charge in [0.25, 0.3) is 0 Å². The SMILES string of the molecule is CCOc1cccc(CN2[C@H]3CCN(c4ccc(C(=O)OC)cc4)C(=O)[C@H]3[C@H](c3cccc(Cl)c3F)[C@]23C(=O)Nc2cc(Cl)ccc23)c1. The first-order chi connectivity index (χ1) is 23.2. The lowest BCUT2D eigenvalue weighted by atomic mass is 9.70. The van der Waals surface area contributed by atoms with Gasteiger partial charge < -0.3 is 19.7 Å². The number of methoxy groups -OCH3 is 1. The summed E-state index contributed by atoms with van der Waals surface area (Å²) in [6.45, 7) is 3.00. The number of halogens is 3. The fraction of sp³-hybridized carbons (Fsp3) is 0.270. The first kappa shape index (κ1) is 32.1. The van der Waals surface area contributed by atoms with Crippen LogP contribution in [0.1, 0.15) is 46.3 Å². The average molecular weight is 689 g/mol. The lowest BCUT2D eigenvalue weighted by Crippen LogP contribution is -2.53. The minimum absolute atomic E-state index is 0.102. The van der Waals surface area contributed by atoms with Crippen LogP contribution < -0.4 is 15.0 Å². The number of anilines is 2. The van der Waals surface area contributed by atoms with Gasteiger partial charge in [0.2, 0.25) is 11.8 Å². The Morgan fingerprint density at radius 1 is 1.02 bits per heavy atom. The van der Waals surface area contributed by atoms with Gasteiger partial charge >= 0.3 is 5.97 Å². The molecule has 11 heteroatoms. The van der Waals surface area contributed by atoms with Gasteiger partial charge in [-0.3, -0.25) is 14.5 Å². The highest BCUT2D eigenvalue weighted by atomic mass is 35.5. The van der Waals surface area contributed by atoms with E-state index in [2.05, 4.69) is 10.2 Å². The van der Waals surface area contributed by atoms with Crippen LogP contribution in [0.15, 0.2) is 84.9 Å². The molecule has 2 saturated heterocycles. The predicted molar refractivity (Wildman–Crippen MR) is 181 cm³/mol. The molecule has 3 aliphatic heterocycles. The van der Waals surface area contributed by atoms with Crippen LogP contribution in [0.25, 0.3) is 0 Å². The number of esters is 1. The van der Waals surface area contributed by atoms with Crippen LogP contribution in [0.5, 0.6) is 5.75 Å². The smallest absolute Gasteiger partial charge is 0.337 e. The number of nitrogens with one attached hydrogen (secondary N) is 1. The lowest BCUT2D eigenvalue weighted by Gasteiger charge is -2.40. The van der Waals surface area contributed by atoms with Crippen LogP contribution >= 0.6 is 23.2 Å². The van der Waals surface area contributed by atoms with Crippen molar-refractivity contribution in [2.75, 3.05) is 30.5 Å². The zero-order valence-corrected chi connectivity index (χ0v) is 27.7. The number of benzene rings is 4. The summed E-state index contributed by atoms with van der Waals surface area (Å²) in [6, 6.07) is 23.7. The maximum atomic E-state index is 16.3. The molecule has 48 heavy (non-hydrogen) atoms. The summed E-state index contributed by atoms with van der Waals surface area (Å²) in [5, 5.41) is 3.36. The van der Waals surface area contributed by atoms with Gasteiger partial charge in [-0.25, -0.2) is 9.18 Å². The number of piperidine rings is 1. The van der Waals surface area contributed by atoms with Crippen molar-refractivity contribution in [2.24, 2.45) is 5.92 Å². The highest BCUT2D eigenvalue weighted by Crippen LogP contribution is 2.62. The molecule has 246 valence electrons. The van der Waals surface area contributed by atoms with Gasteiger partial charge in [-0.1, -0.05) is 53.5 Å². The van der Waals surface area contributed by atoms with E-state index in [1.54, 1.807) is 59.5 Å². The van der Waals surface area contributed by atoms with Gasteiger partial charge in [-0.05, 0) is 79.1 Å². The Hall–Kier alpha value is -4.44. The number of nitrogens with zero attached hydrogens (tertiary/aromatic N) is 2. The van der Waals surface area contributed by atoms with E-state index in [-0.39, 0.29) is 28.9 Å². The Balaban J connectivity index is 1.43. The number of carbonyl (C=O) groups excluding carboxylic acids is 3. The number of rotatable bonds is 7. The van der Waals surface area contributed by atoms with E-state index in [0.29, 0.717) is 52.8 Å². The number of likely N-dealkylation sites (tertiary alicyclic amines) is 1. The molecule has 7 rings (SSSR count). The molecule has 1 spiro atoms. The van der Waals surface area contributed by atoms with Gasteiger partial charge in [-0.2, -0.15) is 0 Å². The lowest BCUT2D eigenvalue weighted by molar-refractivity contribution is -0.128. The second kappa shape index (κ2) is 12.5. The van der Waals surface area contributed by atoms with Crippen molar-refractivity contribution in [2.45, 2.75) is 37.4 Å². The van der Waals surface area contributed by atoms with E-state index in [1.165, 1.54) is 13.2 Å². The van der Waals surface area contributed by atoms with Gasteiger partial charge in [0.15, 0.2) is 0 Å². The summed E-state index contributed by atoms with van der Waals surface area (Å²) in [5.41, 5.74) is 1.60. The van der Waals surface area contributed by atoms with Gasteiger partial charge in [0.1, 0.15) is 17.1 Å². The molecule has 3 aliphatic rings. The minimum atomic E-state index is -1.50. The van der Waals surface area contributed by atoms with E-state index in [9.17, 15) is 14.4 Å². The van der Waals surface area contributed by atoms with Gasteiger partial charge in [0.05, 0.1) is 30.2 Å². The number of ether oxygens (including phenoxy) is 2. The molecule has 0 aliphatic carbocycles. The highest BCUT2D eigenvalue weighted by Gasteiger charge is 2.69. The summed E-state index contributed by atoms with van der Waals surface area (Å²) < 4.78 is 26.9. The standard InChI is InChI=1S/C37H32Cl2FN3O5/c1-3-48-25-7-4-6-21(18-25)20-43-30-16-17-42(24-13-10-22(11-14-24)35(45)47-2)34(44)31(30)32(26-8-5-9-28(39)33(26)40)37(43)27-15-12-23(38)19-29(27)41-36(37)46/h4-15,18-19,30-32H,3,16-17,20H2,1-2H3,(H,41,46)/t30-,31+,32-,37+/m0/s1. The molecule has 8 nitrogen and oxygen atoms in total. The minimum Gasteiger partial charge on any atom is -0.494 e. The molecule has 4 aromatic carbocycles. The zero-order chi connectivity index (χ0) is 33.7. The molecule has 0 aromatic heterocycles. The molecule has 0 unspecified atom stereocenters. The third-order valence-electron chi connectivity index (χ3n) is 9.74. The van der Waals surface area contributed by atoms with E-state index in [1.807, 2.05) is 31.2 Å². The second-order valence-corrected chi connectivity index (χ2v) is 13.0. The summed E-state index contributed by atoms with van der Waals surface area (Å²) in [7, 11) is 1.31. The number of carbonyl (C=O) groups is 3. The van der Waals surface area contributed by atoms with E-state index in [0.717, 1.165) is 5.56 Å². The first-order valence-corrected chi connectivity index (χ1v) is 16.5. The number of amides is 2. The van der Waals surface area contributed by atoms with Crippen molar-refractivity contribution in [1.29, 1.82) is 0 Å². The van der Waals surface area contributed by atoms with Crippen molar-refractivity contribution in [1.82, 2.24) is 4.90 Å². The third-order valence-corrected chi connectivity index (χ3v) is 10.3. The Labute approximate surface area is 287 Å². The normalized spacial score (nSPS) is 23.2. The van der Waals surface area contributed by atoms with Crippen LogP contribution in [0, 0.1) is 11.7 Å². The molecular weight excluding hydrogens is 656 g/mol. The number of hydrogen-bond acceptors (Lipinski definition) is 6. The van der Waals surface area contributed by atoms with Crippen molar-refractivity contribution >= 4 is 52.4 Å². The van der Waals surface area contributed by atoms with E-state index in [4.69, 9.17) is 32.7 Å². The van der Waals surface area contributed by atoms with Gasteiger partial charge in [-0.15, -0.1) is 0 Å². The van der Waals surface area contributed by atoms with Crippen molar-refractivity contribution in [3.63, 3.8) is 0 Å². The monoisotopic (exact) mass is 687 g/mol. The predicted octanol–water partition coefficient (Wildman–Crippen LogP) is 7.19. The molecule has 0 saturated carbocycles. The van der Waals surface area contributed by atoms with Crippen LogP contribution in [-0.2, 0) is 26.4 Å². The quantitative estimate of drug-likeness (QED) is 0.207. The third kappa shape index (κ3) is 5.03. The molecule has 4 atom stereocenters. The van der Waals surface area contributed by atoms with Crippen LogP contribution in [0.4, 0.5) is 15.8 Å². The van der Waals surface area contributed by atoms with Crippen molar-refractivity contribution in [3.05, 3.63) is 123 Å². The summed E-state index contributed by atoms with van der Waals surface area (Å²) >= 11 is 12.8. The molecule has 4 aromatic rings. The second-order valence-electron chi connectivity index (χ2n) is 12.1. The molecule has 0 bridgehead atoms. The fourth-order valence-electron chi connectivity index (χ4n) is 7.87. The summed E-state index contributed by atoms with van der Waals surface area (Å²) in [6.07, 6.45) is 0.483. The fourth-order valence-corrected chi connectivity index (χ4v) is 8.22. The van der Waals surface area contributed by atoms with Crippen LogP contribution in [-0.4, -0.2) is 49.0 Å². The Kier molecular flexibility index (Phi) is 8.39. The van der Waals surface area contributed by atoms with Gasteiger partial charge in [0, 0.05) is 47.0 Å². The topological polar surface area (TPSA) is 88.2 Å². The number of fused-ring (bicyclic) bond motifs is 3. The average Bonchev–Trinajstić information content (AvgIpc) is 3.53. The highest BCUT2D eigenvalue weighted by molar-refractivity contribution is 6.31. The molecule has 0 radical (unpaired) electrons. The van der Waals surface area contributed by atoms with Crippen LogP contribution in [0.3, 0.4) is 0 Å². The molecular formula is C37H32Cl2FN3O5. The number of hydrogen-bond donors (Lipinski definition) is 1. The van der Waals surface area contributed by atoms with Crippen molar-refractivity contribution < 1.29 is 28.2 Å². The molecule has 3 heterocycles. The van der Waals surface area contributed by atoms with E-state index < -0.39 is 35.2 Å². The van der Waals surface area contributed by atoms with Crippen LogP contribution in [0.2, 0.25) is 10.0 Å². The maximum Gasteiger partial charge on any atom is 0.337 e. The summed E-state index contributed by atoms with van der Waals surface area (Å²) in [4.78, 5) is 45.4. The zero-order valence-electron chi connectivity index (χ0n) is 26.2. The Morgan fingerprint density at radius 2 is 1.79 bits per heavy atom. The molecule has 1 N–H and O–H groups in total. The summed E-state index contributed by atoms with van der Waals surface area (Å²) in [5.74, 6) is -2.94. The maximum absolute atomic E-state index is 16.3. The Morgan fingerprint density at radius 3 is 2.54 bits per heavy atom.